The SMILES string of the molecule is CC(C)N=C(CC(C)C(C)(C)C)NN. The minimum Gasteiger partial charge on any atom is -0.312 e. The Labute approximate surface area is 88.1 Å². The second kappa shape index (κ2) is 5.35. The summed E-state index contributed by atoms with van der Waals surface area (Å²) in [7, 11) is 0. The van der Waals surface area contributed by atoms with Crippen molar-refractivity contribution in [1.82, 2.24) is 5.43 Å². The van der Waals surface area contributed by atoms with E-state index >= 15 is 0 Å². The van der Waals surface area contributed by atoms with Crippen LogP contribution in [0.3, 0.4) is 0 Å². The monoisotopic (exact) mass is 199 g/mol. The maximum atomic E-state index is 5.43. The molecule has 0 fully saturated rings. The van der Waals surface area contributed by atoms with Crippen LogP contribution in [0.25, 0.3) is 0 Å². The van der Waals surface area contributed by atoms with Crippen molar-refractivity contribution < 1.29 is 0 Å². The van der Waals surface area contributed by atoms with Crippen molar-refractivity contribution in [1.29, 1.82) is 0 Å². The van der Waals surface area contributed by atoms with Gasteiger partial charge in [-0.2, -0.15) is 0 Å². The molecule has 0 radical (unpaired) electrons. The summed E-state index contributed by atoms with van der Waals surface area (Å²) < 4.78 is 0. The lowest BCUT2D eigenvalue weighted by molar-refractivity contribution is 0.267. The molecule has 0 aliphatic carbocycles. The molecule has 0 heterocycles. The van der Waals surface area contributed by atoms with Gasteiger partial charge < -0.3 is 5.43 Å². The van der Waals surface area contributed by atoms with Gasteiger partial charge >= 0.3 is 0 Å². The zero-order chi connectivity index (χ0) is 11.4. The number of hydrogen-bond donors (Lipinski definition) is 2. The van der Waals surface area contributed by atoms with Gasteiger partial charge in [-0.3, -0.25) is 4.99 Å². The molecule has 0 aliphatic heterocycles. The highest BCUT2D eigenvalue weighted by atomic mass is 15.2. The summed E-state index contributed by atoms with van der Waals surface area (Å²) in [6, 6.07) is 0.299. The molecule has 1 unspecified atom stereocenters. The maximum absolute atomic E-state index is 5.43. The van der Waals surface area contributed by atoms with E-state index in [2.05, 4.69) is 52.0 Å². The highest BCUT2D eigenvalue weighted by molar-refractivity contribution is 5.81. The lowest BCUT2D eigenvalue weighted by Crippen LogP contribution is -2.34. The van der Waals surface area contributed by atoms with Gasteiger partial charge in [-0.25, -0.2) is 5.84 Å². The minimum absolute atomic E-state index is 0.299. The van der Waals surface area contributed by atoms with Gasteiger partial charge in [0.25, 0.3) is 0 Å². The Kier molecular flexibility index (Phi) is 5.13. The third-order valence-corrected chi connectivity index (χ3v) is 2.56. The second-order valence-corrected chi connectivity index (χ2v) is 5.29. The van der Waals surface area contributed by atoms with Gasteiger partial charge in [0, 0.05) is 12.5 Å². The molecule has 0 aliphatic rings. The van der Waals surface area contributed by atoms with E-state index in [0.717, 1.165) is 12.3 Å². The number of aliphatic imine (C=N–C) groups is 1. The fraction of sp³-hybridized carbons (Fsp3) is 0.909. The Morgan fingerprint density at radius 2 is 1.79 bits per heavy atom. The average molecular weight is 199 g/mol. The molecule has 0 spiro atoms. The number of nitrogens with zero attached hydrogens (tertiary/aromatic N) is 1. The van der Waals surface area contributed by atoms with Crippen LogP contribution >= 0.6 is 0 Å². The van der Waals surface area contributed by atoms with E-state index in [-0.39, 0.29) is 0 Å². The first-order chi connectivity index (χ1) is 6.27. The number of nitrogens with two attached hydrogens (primary N) is 1. The topological polar surface area (TPSA) is 50.4 Å². The van der Waals surface area contributed by atoms with Crippen LogP contribution in [-0.4, -0.2) is 11.9 Å². The van der Waals surface area contributed by atoms with Gasteiger partial charge in [-0.1, -0.05) is 27.7 Å². The Morgan fingerprint density at radius 3 is 2.07 bits per heavy atom. The molecule has 0 saturated carbocycles. The third kappa shape index (κ3) is 5.22. The molecule has 0 aromatic heterocycles. The predicted octanol–water partition coefficient (Wildman–Crippen LogP) is 2.33. The zero-order valence-corrected chi connectivity index (χ0v) is 10.4. The fourth-order valence-corrected chi connectivity index (χ4v) is 1.06. The van der Waals surface area contributed by atoms with Crippen molar-refractivity contribution >= 4 is 5.84 Å². The Hall–Kier alpha value is -0.570. The van der Waals surface area contributed by atoms with Crippen LogP contribution in [0.2, 0.25) is 0 Å². The summed E-state index contributed by atoms with van der Waals surface area (Å²) in [6.07, 6.45) is 0.915. The largest absolute Gasteiger partial charge is 0.312 e. The Balaban J connectivity index is 4.33. The molecule has 0 aromatic carbocycles. The molecule has 0 saturated heterocycles. The number of amidine groups is 1. The lowest BCUT2D eigenvalue weighted by atomic mass is 9.80. The van der Waals surface area contributed by atoms with Gasteiger partial charge in [-0.15, -0.1) is 0 Å². The van der Waals surface area contributed by atoms with E-state index in [4.69, 9.17) is 5.84 Å². The molecule has 3 N–H and O–H groups in total. The van der Waals surface area contributed by atoms with Crippen molar-refractivity contribution in [3.8, 4) is 0 Å². The highest BCUT2D eigenvalue weighted by Crippen LogP contribution is 2.27. The van der Waals surface area contributed by atoms with E-state index < -0.39 is 0 Å². The molecule has 0 aromatic rings. The molecule has 14 heavy (non-hydrogen) atoms. The smallest absolute Gasteiger partial charge is 0.111 e. The van der Waals surface area contributed by atoms with E-state index in [1.807, 2.05) is 0 Å². The fourth-order valence-electron chi connectivity index (χ4n) is 1.06. The number of rotatable bonds is 3. The van der Waals surface area contributed by atoms with Crippen molar-refractivity contribution in [2.24, 2.45) is 22.2 Å². The quantitative estimate of drug-likeness (QED) is 0.317. The lowest BCUT2D eigenvalue weighted by Gasteiger charge is -2.27. The van der Waals surface area contributed by atoms with E-state index in [1.54, 1.807) is 0 Å². The zero-order valence-electron chi connectivity index (χ0n) is 10.4. The third-order valence-electron chi connectivity index (χ3n) is 2.56. The summed E-state index contributed by atoms with van der Waals surface area (Å²) in [5.41, 5.74) is 2.99. The molecule has 1 atom stereocenters. The van der Waals surface area contributed by atoms with Gasteiger partial charge in [0.05, 0.1) is 0 Å². The van der Waals surface area contributed by atoms with Crippen molar-refractivity contribution in [2.75, 3.05) is 0 Å². The Morgan fingerprint density at radius 1 is 1.29 bits per heavy atom. The summed E-state index contributed by atoms with van der Waals surface area (Å²) in [6.45, 7) is 13.1. The first kappa shape index (κ1) is 13.4. The molecular weight excluding hydrogens is 174 g/mol. The molecule has 0 amide bonds. The minimum atomic E-state index is 0.299. The summed E-state index contributed by atoms with van der Waals surface area (Å²) in [4.78, 5) is 4.43. The van der Waals surface area contributed by atoms with E-state index in [0.29, 0.717) is 17.4 Å². The number of hydrazine groups is 1. The van der Waals surface area contributed by atoms with Crippen LogP contribution in [0.1, 0.15) is 48.0 Å². The number of nitrogens with one attached hydrogen (secondary N) is 1. The summed E-state index contributed by atoms with van der Waals surface area (Å²) >= 11 is 0. The van der Waals surface area contributed by atoms with Crippen LogP contribution in [0.4, 0.5) is 0 Å². The maximum Gasteiger partial charge on any atom is 0.111 e. The molecule has 84 valence electrons. The summed E-state index contributed by atoms with van der Waals surface area (Å²) in [5.74, 6) is 6.90. The molecule has 0 rings (SSSR count). The van der Waals surface area contributed by atoms with E-state index in [9.17, 15) is 0 Å². The average Bonchev–Trinajstić information content (AvgIpc) is 2.00. The van der Waals surface area contributed by atoms with Crippen molar-refractivity contribution in [3.63, 3.8) is 0 Å². The van der Waals surface area contributed by atoms with Crippen LogP contribution in [0, 0.1) is 11.3 Å². The summed E-state index contributed by atoms with van der Waals surface area (Å²) in [5, 5.41) is 0. The molecule has 3 heteroatoms. The predicted molar refractivity (Wildman–Crippen MR) is 63.1 cm³/mol. The number of hydrogen-bond acceptors (Lipinski definition) is 2. The highest BCUT2D eigenvalue weighted by Gasteiger charge is 2.21. The standard InChI is InChI=1S/C11H25N3/c1-8(2)13-10(14-12)7-9(3)11(4,5)6/h8-9H,7,12H2,1-6H3,(H,13,14). The van der Waals surface area contributed by atoms with Crippen LogP contribution < -0.4 is 11.3 Å². The molecule has 3 nitrogen and oxygen atoms in total. The van der Waals surface area contributed by atoms with Gasteiger partial charge in [0.2, 0.25) is 0 Å². The van der Waals surface area contributed by atoms with Gasteiger partial charge in [0.15, 0.2) is 0 Å². The van der Waals surface area contributed by atoms with Gasteiger partial charge in [0.1, 0.15) is 5.84 Å². The van der Waals surface area contributed by atoms with E-state index in [1.165, 1.54) is 0 Å². The molecular formula is C11H25N3. The van der Waals surface area contributed by atoms with Gasteiger partial charge in [-0.05, 0) is 25.2 Å². The molecule has 0 bridgehead atoms. The first-order valence-electron chi connectivity index (χ1n) is 5.30. The van der Waals surface area contributed by atoms with Crippen molar-refractivity contribution in [2.45, 2.75) is 54.0 Å². The Bertz CT molecular complexity index is 189. The van der Waals surface area contributed by atoms with Crippen LogP contribution in [0.5, 0.6) is 0 Å². The second-order valence-electron chi connectivity index (χ2n) is 5.29. The van der Waals surface area contributed by atoms with Crippen molar-refractivity contribution in [3.05, 3.63) is 0 Å². The van der Waals surface area contributed by atoms with Crippen LogP contribution in [0.15, 0.2) is 4.99 Å². The van der Waals surface area contributed by atoms with Crippen LogP contribution in [-0.2, 0) is 0 Å². The normalized spacial score (nSPS) is 15.9. The first-order valence-corrected chi connectivity index (χ1v) is 5.30.